The summed E-state index contributed by atoms with van der Waals surface area (Å²) in [6, 6.07) is 10.8. The summed E-state index contributed by atoms with van der Waals surface area (Å²) in [6.07, 6.45) is 4.99. The molecule has 2 heterocycles. The van der Waals surface area contributed by atoms with Crippen LogP contribution >= 0.6 is 0 Å². The fourth-order valence-electron chi connectivity index (χ4n) is 2.43. The lowest BCUT2D eigenvalue weighted by molar-refractivity contribution is 0.579. The van der Waals surface area contributed by atoms with Gasteiger partial charge in [-0.25, -0.2) is 17.5 Å². The summed E-state index contributed by atoms with van der Waals surface area (Å²) in [4.78, 5) is 8.39. The number of benzene rings is 1. The Morgan fingerprint density at radius 1 is 1.12 bits per heavy atom. The predicted octanol–water partition coefficient (Wildman–Crippen LogP) is 3.07. The standard InChI is InChI=1S/C18H16FN3O2S/c1-13-9-16(19)4-5-18(13)25(23,24)22-11-14-6-8-21-17(10-14)15-3-2-7-20-12-15/h2-10,12,22H,11H2,1H3. The number of nitrogens with zero attached hydrogens (tertiary/aromatic N) is 2. The third kappa shape index (κ3) is 4.07. The molecule has 0 amide bonds. The van der Waals surface area contributed by atoms with Crippen LogP contribution in [0.1, 0.15) is 11.1 Å². The first kappa shape index (κ1) is 17.2. The van der Waals surface area contributed by atoms with Crippen molar-refractivity contribution >= 4 is 10.0 Å². The van der Waals surface area contributed by atoms with Gasteiger partial charge in [0.15, 0.2) is 0 Å². The Morgan fingerprint density at radius 2 is 1.96 bits per heavy atom. The molecule has 128 valence electrons. The Labute approximate surface area is 145 Å². The zero-order valence-corrected chi connectivity index (χ0v) is 14.3. The van der Waals surface area contributed by atoms with Crippen LogP contribution in [0.25, 0.3) is 11.3 Å². The molecule has 0 aliphatic heterocycles. The minimum Gasteiger partial charge on any atom is -0.264 e. The molecule has 3 aromatic rings. The molecular weight excluding hydrogens is 341 g/mol. The molecule has 0 fully saturated rings. The summed E-state index contributed by atoms with van der Waals surface area (Å²) >= 11 is 0. The van der Waals surface area contributed by atoms with Gasteiger partial charge in [-0.1, -0.05) is 0 Å². The van der Waals surface area contributed by atoms with E-state index in [0.29, 0.717) is 11.3 Å². The molecule has 3 rings (SSSR count). The molecule has 1 aromatic carbocycles. The molecule has 7 heteroatoms. The summed E-state index contributed by atoms with van der Waals surface area (Å²) in [5.74, 6) is -0.466. The second kappa shape index (κ2) is 7.08. The van der Waals surface area contributed by atoms with Gasteiger partial charge in [-0.3, -0.25) is 9.97 Å². The third-order valence-electron chi connectivity index (χ3n) is 3.67. The van der Waals surface area contributed by atoms with Crippen LogP contribution in [0.4, 0.5) is 4.39 Å². The zero-order valence-electron chi connectivity index (χ0n) is 13.5. The molecule has 0 aliphatic rings. The quantitative estimate of drug-likeness (QED) is 0.762. The van der Waals surface area contributed by atoms with Crippen molar-refractivity contribution in [2.75, 3.05) is 0 Å². The largest absolute Gasteiger partial charge is 0.264 e. The van der Waals surface area contributed by atoms with Crippen molar-refractivity contribution in [3.63, 3.8) is 0 Å². The van der Waals surface area contributed by atoms with Gasteiger partial charge in [-0.2, -0.15) is 0 Å². The van der Waals surface area contributed by atoms with E-state index in [0.717, 1.165) is 17.2 Å². The van der Waals surface area contributed by atoms with E-state index in [9.17, 15) is 12.8 Å². The Morgan fingerprint density at radius 3 is 2.68 bits per heavy atom. The molecule has 0 bridgehead atoms. The maximum Gasteiger partial charge on any atom is 0.241 e. The first-order valence-electron chi connectivity index (χ1n) is 7.57. The average molecular weight is 357 g/mol. The van der Waals surface area contributed by atoms with E-state index >= 15 is 0 Å². The minimum atomic E-state index is -3.73. The van der Waals surface area contributed by atoms with Crippen LogP contribution in [0.2, 0.25) is 0 Å². The van der Waals surface area contributed by atoms with Gasteiger partial charge in [0, 0.05) is 30.7 Å². The lowest BCUT2D eigenvalue weighted by atomic mass is 10.1. The van der Waals surface area contributed by atoms with Crippen LogP contribution in [0.3, 0.4) is 0 Å². The van der Waals surface area contributed by atoms with Crippen molar-refractivity contribution in [1.29, 1.82) is 0 Å². The minimum absolute atomic E-state index is 0.0652. The number of nitrogens with one attached hydrogen (secondary N) is 1. The summed E-state index contributed by atoms with van der Waals surface area (Å²) in [5, 5.41) is 0. The maximum atomic E-state index is 13.2. The van der Waals surface area contributed by atoms with Crippen LogP contribution in [0, 0.1) is 12.7 Å². The van der Waals surface area contributed by atoms with Crippen LogP contribution in [0.15, 0.2) is 66.0 Å². The molecule has 25 heavy (non-hydrogen) atoms. The number of halogens is 1. The molecule has 0 saturated heterocycles. The number of hydrogen-bond acceptors (Lipinski definition) is 4. The highest BCUT2D eigenvalue weighted by Gasteiger charge is 2.17. The van der Waals surface area contributed by atoms with Gasteiger partial charge in [0.05, 0.1) is 10.6 Å². The fourth-order valence-corrected chi connectivity index (χ4v) is 3.67. The molecule has 0 aliphatic carbocycles. The number of aromatic nitrogens is 2. The Kier molecular flexibility index (Phi) is 4.87. The van der Waals surface area contributed by atoms with Gasteiger partial charge >= 0.3 is 0 Å². The highest BCUT2D eigenvalue weighted by atomic mass is 32.2. The van der Waals surface area contributed by atoms with E-state index in [1.165, 1.54) is 12.1 Å². The summed E-state index contributed by atoms with van der Waals surface area (Å²) in [5.41, 5.74) is 2.68. The second-order valence-corrected chi connectivity index (χ2v) is 7.26. The van der Waals surface area contributed by atoms with Crippen molar-refractivity contribution in [3.05, 3.63) is 78.0 Å². The molecule has 0 spiro atoms. The normalized spacial score (nSPS) is 11.4. The number of hydrogen-bond donors (Lipinski definition) is 1. The lowest BCUT2D eigenvalue weighted by Gasteiger charge is -2.10. The van der Waals surface area contributed by atoms with E-state index in [1.807, 2.05) is 12.1 Å². The third-order valence-corrected chi connectivity index (χ3v) is 5.24. The van der Waals surface area contributed by atoms with E-state index in [4.69, 9.17) is 0 Å². The highest BCUT2D eigenvalue weighted by Crippen LogP contribution is 2.18. The van der Waals surface area contributed by atoms with E-state index in [-0.39, 0.29) is 11.4 Å². The zero-order chi connectivity index (χ0) is 17.9. The highest BCUT2D eigenvalue weighted by molar-refractivity contribution is 7.89. The number of pyridine rings is 2. The molecule has 0 saturated carbocycles. The molecule has 2 aromatic heterocycles. The van der Waals surface area contributed by atoms with Crippen molar-refractivity contribution in [3.8, 4) is 11.3 Å². The SMILES string of the molecule is Cc1cc(F)ccc1S(=O)(=O)NCc1ccnc(-c2cccnc2)c1. The first-order valence-corrected chi connectivity index (χ1v) is 9.05. The molecular formula is C18H16FN3O2S. The van der Waals surface area contributed by atoms with Gasteiger partial charge in [-0.15, -0.1) is 0 Å². The van der Waals surface area contributed by atoms with Crippen molar-refractivity contribution in [1.82, 2.24) is 14.7 Å². The molecule has 0 unspecified atom stereocenters. The van der Waals surface area contributed by atoms with Crippen LogP contribution < -0.4 is 4.72 Å². The smallest absolute Gasteiger partial charge is 0.241 e. The molecule has 0 radical (unpaired) electrons. The van der Waals surface area contributed by atoms with Gasteiger partial charge in [0.1, 0.15) is 5.82 Å². The monoisotopic (exact) mass is 357 g/mol. The van der Waals surface area contributed by atoms with E-state index in [2.05, 4.69) is 14.7 Å². The summed E-state index contributed by atoms with van der Waals surface area (Å²) in [7, 11) is -3.73. The van der Waals surface area contributed by atoms with Gasteiger partial charge in [-0.05, 0) is 60.5 Å². The fraction of sp³-hybridized carbons (Fsp3) is 0.111. The van der Waals surface area contributed by atoms with Crippen molar-refractivity contribution in [2.45, 2.75) is 18.4 Å². The van der Waals surface area contributed by atoms with E-state index < -0.39 is 15.8 Å². The molecule has 0 atom stereocenters. The van der Waals surface area contributed by atoms with Crippen LogP contribution in [0.5, 0.6) is 0 Å². The second-order valence-electron chi connectivity index (χ2n) is 5.53. The maximum absolute atomic E-state index is 13.2. The predicted molar refractivity (Wildman–Crippen MR) is 92.6 cm³/mol. The number of aryl methyl sites for hydroxylation is 1. The van der Waals surface area contributed by atoms with Crippen molar-refractivity contribution in [2.24, 2.45) is 0 Å². The number of sulfonamides is 1. The van der Waals surface area contributed by atoms with Gasteiger partial charge in [0.25, 0.3) is 0 Å². The Hall–Kier alpha value is -2.64. The lowest BCUT2D eigenvalue weighted by Crippen LogP contribution is -2.24. The van der Waals surface area contributed by atoms with Gasteiger partial charge < -0.3 is 0 Å². The summed E-state index contributed by atoms with van der Waals surface area (Å²) < 4.78 is 40.6. The Balaban J connectivity index is 1.79. The Bertz CT molecular complexity index is 992. The van der Waals surface area contributed by atoms with E-state index in [1.54, 1.807) is 37.6 Å². The van der Waals surface area contributed by atoms with Gasteiger partial charge in [0.2, 0.25) is 10.0 Å². The van der Waals surface area contributed by atoms with Crippen LogP contribution in [-0.2, 0) is 16.6 Å². The topological polar surface area (TPSA) is 72.0 Å². The first-order chi connectivity index (χ1) is 12.0. The van der Waals surface area contributed by atoms with Crippen LogP contribution in [-0.4, -0.2) is 18.4 Å². The number of rotatable bonds is 5. The summed E-state index contributed by atoms with van der Waals surface area (Å²) in [6.45, 7) is 1.67. The molecule has 1 N–H and O–H groups in total. The molecule has 5 nitrogen and oxygen atoms in total. The van der Waals surface area contributed by atoms with Crippen molar-refractivity contribution < 1.29 is 12.8 Å². The average Bonchev–Trinajstić information content (AvgIpc) is 2.61.